The summed E-state index contributed by atoms with van der Waals surface area (Å²) in [6.45, 7) is 8.25. The molecule has 0 radical (unpaired) electrons. The molecule has 0 N–H and O–H groups in total. The molecule has 0 saturated heterocycles. The third-order valence-electron chi connectivity index (χ3n) is 4.18. The molecular formula is C23H25NO3S. The van der Waals surface area contributed by atoms with Crippen LogP contribution in [0.4, 0.5) is 0 Å². The molecule has 2 aromatic rings. The molecule has 0 bridgehead atoms. The van der Waals surface area contributed by atoms with Gasteiger partial charge in [0.1, 0.15) is 5.75 Å². The molecule has 2 aromatic carbocycles. The van der Waals surface area contributed by atoms with E-state index in [4.69, 9.17) is 4.74 Å². The van der Waals surface area contributed by atoms with Crippen LogP contribution in [0.25, 0.3) is 5.57 Å². The van der Waals surface area contributed by atoms with Crippen molar-refractivity contribution in [2.24, 2.45) is 0 Å². The maximum Gasteiger partial charge on any atom is 0.268 e. The number of amides is 2. The summed E-state index contributed by atoms with van der Waals surface area (Å²) < 4.78 is 5.69. The van der Waals surface area contributed by atoms with Gasteiger partial charge in [0.2, 0.25) is 0 Å². The van der Waals surface area contributed by atoms with E-state index in [0.29, 0.717) is 10.5 Å². The molecule has 0 spiro atoms. The monoisotopic (exact) mass is 395 g/mol. The number of benzene rings is 2. The number of imide groups is 1. The Morgan fingerprint density at radius 2 is 1.54 bits per heavy atom. The minimum absolute atomic E-state index is 0.0770. The molecule has 28 heavy (non-hydrogen) atoms. The van der Waals surface area contributed by atoms with Crippen LogP contribution >= 0.6 is 11.8 Å². The third-order valence-corrected chi connectivity index (χ3v) is 5.26. The van der Waals surface area contributed by atoms with Gasteiger partial charge >= 0.3 is 0 Å². The van der Waals surface area contributed by atoms with E-state index in [1.54, 1.807) is 0 Å². The summed E-state index contributed by atoms with van der Waals surface area (Å²) in [5, 5.41) is 0.196. The van der Waals surface area contributed by atoms with E-state index in [9.17, 15) is 9.59 Å². The second-order valence-corrected chi connectivity index (χ2v) is 8.83. The van der Waals surface area contributed by atoms with Crippen molar-refractivity contribution >= 4 is 29.1 Å². The van der Waals surface area contributed by atoms with E-state index in [0.717, 1.165) is 16.9 Å². The number of hydrogen-bond donors (Lipinski definition) is 0. The Bertz CT molecular complexity index is 886. The highest BCUT2D eigenvalue weighted by molar-refractivity contribution is 8.04. The zero-order valence-corrected chi connectivity index (χ0v) is 17.5. The first-order valence-corrected chi connectivity index (χ1v) is 10.3. The Labute approximate surface area is 170 Å². The molecule has 0 unspecified atom stereocenters. The number of carbonyl (C=O) groups is 2. The lowest BCUT2D eigenvalue weighted by atomic mass is 10.1. The van der Waals surface area contributed by atoms with Gasteiger partial charge in [0.15, 0.2) is 0 Å². The fourth-order valence-electron chi connectivity index (χ4n) is 3.04. The van der Waals surface area contributed by atoms with Crippen LogP contribution in [0.2, 0.25) is 0 Å². The fourth-order valence-corrected chi connectivity index (χ4v) is 4.04. The summed E-state index contributed by atoms with van der Waals surface area (Å²) >= 11 is 1.44. The maximum atomic E-state index is 13.2. The van der Waals surface area contributed by atoms with Gasteiger partial charge in [0.05, 0.1) is 23.1 Å². The lowest BCUT2D eigenvalue weighted by molar-refractivity contribution is -0.137. The quantitative estimate of drug-likeness (QED) is 0.626. The van der Waals surface area contributed by atoms with Crippen molar-refractivity contribution in [1.82, 2.24) is 4.90 Å². The normalized spacial score (nSPS) is 14.6. The molecule has 1 aliphatic heterocycles. The Hall–Kier alpha value is -2.53. The van der Waals surface area contributed by atoms with Crippen LogP contribution in [-0.4, -0.2) is 28.1 Å². The zero-order chi connectivity index (χ0) is 20.3. The number of carbonyl (C=O) groups excluding carboxylic acids is 2. The molecule has 5 heteroatoms. The fraction of sp³-hybridized carbons (Fsp3) is 0.304. The van der Waals surface area contributed by atoms with Crippen LogP contribution in [0.3, 0.4) is 0 Å². The number of hydrogen-bond acceptors (Lipinski definition) is 4. The summed E-state index contributed by atoms with van der Waals surface area (Å²) in [6.07, 6.45) is 0.0770. The first-order chi connectivity index (χ1) is 13.4. The van der Waals surface area contributed by atoms with E-state index < -0.39 is 0 Å². The van der Waals surface area contributed by atoms with Crippen molar-refractivity contribution in [2.75, 3.05) is 0 Å². The Morgan fingerprint density at radius 3 is 2.11 bits per heavy atom. The standard InChI is InChI=1S/C23H25NO3S/c1-15(2)27-19-12-10-18(11-13-19)20-21(28-16(3)4)23(26)24(22(20)25)14-17-8-6-5-7-9-17/h5-13,15-16H,14H2,1-4H3. The summed E-state index contributed by atoms with van der Waals surface area (Å²) in [5.74, 6) is 0.287. The van der Waals surface area contributed by atoms with Gasteiger partial charge in [0.25, 0.3) is 11.8 Å². The lowest BCUT2D eigenvalue weighted by Crippen LogP contribution is -2.31. The summed E-state index contributed by atoms with van der Waals surface area (Å²) in [5.41, 5.74) is 2.16. The van der Waals surface area contributed by atoms with Crippen LogP contribution in [0.15, 0.2) is 59.5 Å². The van der Waals surface area contributed by atoms with Crippen LogP contribution in [0.1, 0.15) is 38.8 Å². The van der Waals surface area contributed by atoms with Crippen molar-refractivity contribution in [3.05, 3.63) is 70.6 Å². The van der Waals surface area contributed by atoms with E-state index in [1.165, 1.54) is 16.7 Å². The van der Waals surface area contributed by atoms with E-state index >= 15 is 0 Å². The predicted octanol–water partition coefficient (Wildman–Crippen LogP) is 4.90. The van der Waals surface area contributed by atoms with Crippen LogP contribution in [0, 0.1) is 0 Å². The van der Waals surface area contributed by atoms with Crippen LogP contribution < -0.4 is 4.74 Å². The number of thioether (sulfide) groups is 1. The Kier molecular flexibility index (Phi) is 6.25. The van der Waals surface area contributed by atoms with Gasteiger partial charge in [0, 0.05) is 5.25 Å². The SMILES string of the molecule is CC(C)Oc1ccc(C2=C(SC(C)C)C(=O)N(Cc3ccccc3)C2=O)cc1. The van der Waals surface area contributed by atoms with E-state index in [2.05, 4.69) is 0 Å². The number of nitrogens with zero attached hydrogens (tertiary/aromatic N) is 1. The van der Waals surface area contributed by atoms with Crippen molar-refractivity contribution < 1.29 is 14.3 Å². The highest BCUT2D eigenvalue weighted by Crippen LogP contribution is 2.38. The minimum atomic E-state index is -0.241. The van der Waals surface area contributed by atoms with E-state index in [-0.39, 0.29) is 29.7 Å². The molecule has 0 fully saturated rings. The molecule has 1 heterocycles. The molecule has 3 rings (SSSR count). The second kappa shape index (κ2) is 8.65. The molecule has 1 aliphatic rings. The van der Waals surface area contributed by atoms with Gasteiger partial charge in [-0.1, -0.05) is 56.3 Å². The average Bonchev–Trinajstić information content (AvgIpc) is 2.87. The summed E-state index contributed by atoms with van der Waals surface area (Å²) in [4.78, 5) is 28.1. The van der Waals surface area contributed by atoms with Gasteiger partial charge in [-0.05, 0) is 37.1 Å². The van der Waals surface area contributed by atoms with E-state index in [1.807, 2.05) is 82.3 Å². The lowest BCUT2D eigenvalue weighted by Gasteiger charge is -2.15. The van der Waals surface area contributed by atoms with Crippen molar-refractivity contribution in [3.8, 4) is 5.75 Å². The molecule has 0 aliphatic carbocycles. The number of rotatable bonds is 7. The van der Waals surface area contributed by atoms with Gasteiger partial charge in [-0.2, -0.15) is 0 Å². The summed E-state index contributed by atoms with van der Waals surface area (Å²) in [7, 11) is 0. The molecule has 0 atom stereocenters. The van der Waals surface area contributed by atoms with Crippen LogP contribution in [0.5, 0.6) is 5.75 Å². The number of ether oxygens (including phenoxy) is 1. The molecule has 0 aromatic heterocycles. The average molecular weight is 396 g/mol. The van der Waals surface area contributed by atoms with Gasteiger partial charge < -0.3 is 4.74 Å². The first kappa shape index (κ1) is 20.2. The van der Waals surface area contributed by atoms with Crippen molar-refractivity contribution in [3.63, 3.8) is 0 Å². The molecule has 4 nitrogen and oxygen atoms in total. The third kappa shape index (κ3) is 4.47. The topological polar surface area (TPSA) is 46.6 Å². The maximum absolute atomic E-state index is 13.2. The van der Waals surface area contributed by atoms with Gasteiger partial charge in [-0.25, -0.2) is 0 Å². The molecule has 0 saturated carbocycles. The van der Waals surface area contributed by atoms with Gasteiger partial charge in [-0.15, -0.1) is 11.8 Å². The predicted molar refractivity (Wildman–Crippen MR) is 114 cm³/mol. The molecular weight excluding hydrogens is 370 g/mol. The Morgan fingerprint density at radius 1 is 0.893 bits per heavy atom. The Balaban J connectivity index is 1.94. The first-order valence-electron chi connectivity index (χ1n) is 9.45. The van der Waals surface area contributed by atoms with Crippen LogP contribution in [-0.2, 0) is 16.1 Å². The minimum Gasteiger partial charge on any atom is -0.491 e. The van der Waals surface area contributed by atoms with Gasteiger partial charge in [-0.3, -0.25) is 14.5 Å². The van der Waals surface area contributed by atoms with Crippen molar-refractivity contribution in [2.45, 2.75) is 45.6 Å². The highest BCUT2D eigenvalue weighted by Gasteiger charge is 2.39. The smallest absolute Gasteiger partial charge is 0.268 e. The summed E-state index contributed by atoms with van der Waals surface area (Å²) in [6, 6.07) is 17.0. The highest BCUT2D eigenvalue weighted by atomic mass is 32.2. The van der Waals surface area contributed by atoms with Crippen molar-refractivity contribution in [1.29, 1.82) is 0 Å². The second-order valence-electron chi connectivity index (χ2n) is 7.24. The largest absolute Gasteiger partial charge is 0.491 e. The zero-order valence-electron chi connectivity index (χ0n) is 16.6. The molecule has 146 valence electrons. The molecule has 2 amide bonds.